The summed E-state index contributed by atoms with van der Waals surface area (Å²) >= 11 is 0. The first-order chi connectivity index (χ1) is 13.7. The highest BCUT2D eigenvalue weighted by molar-refractivity contribution is 5.89. The van der Waals surface area contributed by atoms with Gasteiger partial charge in [0, 0.05) is 31.4 Å². The number of amides is 1. The van der Waals surface area contributed by atoms with E-state index in [-0.39, 0.29) is 18.3 Å². The number of hydrogen-bond acceptors (Lipinski definition) is 6. The molecule has 3 aromatic rings. The zero-order valence-corrected chi connectivity index (χ0v) is 15.3. The van der Waals surface area contributed by atoms with E-state index in [9.17, 15) is 9.18 Å². The molecule has 3 heterocycles. The Morgan fingerprint density at radius 2 is 2.04 bits per heavy atom. The summed E-state index contributed by atoms with van der Waals surface area (Å²) < 4.78 is 18.3. The fourth-order valence-corrected chi connectivity index (χ4v) is 3.19. The van der Waals surface area contributed by atoms with Crippen molar-refractivity contribution in [3.63, 3.8) is 0 Å². The lowest BCUT2D eigenvalue weighted by Crippen LogP contribution is -2.30. The van der Waals surface area contributed by atoms with Gasteiger partial charge in [-0.25, -0.2) is 9.37 Å². The molecular formula is C20H20FN5O2. The molecule has 1 saturated heterocycles. The van der Waals surface area contributed by atoms with E-state index >= 15 is 0 Å². The van der Waals surface area contributed by atoms with Crippen LogP contribution in [0.4, 0.5) is 10.2 Å². The molecule has 1 amide bonds. The van der Waals surface area contributed by atoms with Crippen molar-refractivity contribution in [1.29, 1.82) is 0 Å². The fourth-order valence-electron chi connectivity index (χ4n) is 3.19. The zero-order valence-electron chi connectivity index (χ0n) is 15.3. The van der Waals surface area contributed by atoms with Gasteiger partial charge in [0.1, 0.15) is 11.6 Å². The summed E-state index contributed by atoms with van der Waals surface area (Å²) in [4.78, 5) is 23.1. The monoisotopic (exact) mass is 381 g/mol. The quantitative estimate of drug-likeness (QED) is 0.731. The van der Waals surface area contributed by atoms with E-state index in [0.29, 0.717) is 11.4 Å². The van der Waals surface area contributed by atoms with Crippen LogP contribution in [0.15, 0.2) is 47.1 Å². The molecule has 0 radical (unpaired) electrons. The molecule has 0 unspecified atom stereocenters. The molecule has 7 nitrogen and oxygen atoms in total. The minimum Gasteiger partial charge on any atom is -0.357 e. The van der Waals surface area contributed by atoms with Crippen LogP contribution in [-0.4, -0.2) is 34.1 Å². The molecular weight excluding hydrogens is 361 g/mol. The Balaban J connectivity index is 1.44. The van der Waals surface area contributed by atoms with E-state index in [1.807, 2.05) is 6.07 Å². The van der Waals surface area contributed by atoms with Crippen molar-refractivity contribution in [3.8, 4) is 11.4 Å². The lowest BCUT2D eigenvalue weighted by Gasteiger charge is -2.27. The Labute approximate surface area is 161 Å². The Morgan fingerprint density at radius 1 is 1.18 bits per heavy atom. The van der Waals surface area contributed by atoms with Crippen molar-refractivity contribution >= 4 is 11.7 Å². The van der Waals surface area contributed by atoms with Crippen LogP contribution in [0.1, 0.15) is 35.5 Å². The molecule has 0 spiro atoms. The zero-order chi connectivity index (χ0) is 19.3. The standard InChI is InChI=1S/C20H20FN5O2/c21-16-6-4-5-14(11-16)13-23-19(27)20-24-18(25-28-20)15-7-8-22-17(12-15)26-9-2-1-3-10-26/h4-8,11-12H,1-3,9-10,13H2,(H,23,27). The summed E-state index contributed by atoms with van der Waals surface area (Å²) in [5.74, 6) is 0.209. The van der Waals surface area contributed by atoms with Crippen molar-refractivity contribution in [2.75, 3.05) is 18.0 Å². The summed E-state index contributed by atoms with van der Waals surface area (Å²) in [6, 6.07) is 9.71. The first kappa shape index (κ1) is 18.1. The lowest BCUT2D eigenvalue weighted by molar-refractivity contribution is 0.0907. The SMILES string of the molecule is O=C(NCc1cccc(F)c1)c1nc(-c2ccnc(N3CCCCC3)c2)no1. The van der Waals surface area contributed by atoms with Gasteiger partial charge in [-0.1, -0.05) is 17.3 Å². The van der Waals surface area contributed by atoms with Gasteiger partial charge >= 0.3 is 11.8 Å². The molecule has 1 aliphatic rings. The smallest absolute Gasteiger partial charge is 0.316 e. The van der Waals surface area contributed by atoms with E-state index in [1.54, 1.807) is 24.4 Å². The molecule has 0 atom stereocenters. The van der Waals surface area contributed by atoms with E-state index < -0.39 is 5.91 Å². The van der Waals surface area contributed by atoms with E-state index in [0.717, 1.165) is 37.3 Å². The van der Waals surface area contributed by atoms with E-state index in [2.05, 4.69) is 25.3 Å². The van der Waals surface area contributed by atoms with Crippen molar-refractivity contribution in [3.05, 3.63) is 59.9 Å². The molecule has 1 aliphatic heterocycles. The van der Waals surface area contributed by atoms with Gasteiger partial charge in [0.25, 0.3) is 0 Å². The number of anilines is 1. The molecule has 0 aliphatic carbocycles. The lowest BCUT2D eigenvalue weighted by atomic mass is 10.1. The maximum absolute atomic E-state index is 13.2. The number of pyridine rings is 1. The van der Waals surface area contributed by atoms with Crippen LogP contribution in [-0.2, 0) is 6.54 Å². The largest absolute Gasteiger partial charge is 0.357 e. The average Bonchev–Trinajstić information content (AvgIpc) is 3.23. The van der Waals surface area contributed by atoms with Gasteiger partial charge < -0.3 is 14.7 Å². The Bertz CT molecular complexity index is 968. The minimum absolute atomic E-state index is 0.136. The number of halogens is 1. The highest BCUT2D eigenvalue weighted by Gasteiger charge is 2.18. The fraction of sp³-hybridized carbons (Fsp3) is 0.300. The number of aromatic nitrogens is 3. The Morgan fingerprint density at radius 3 is 2.86 bits per heavy atom. The number of carbonyl (C=O) groups excluding carboxylic acids is 1. The summed E-state index contributed by atoms with van der Waals surface area (Å²) in [5, 5.41) is 6.56. The van der Waals surface area contributed by atoms with Crippen LogP contribution in [0, 0.1) is 5.82 Å². The first-order valence-corrected chi connectivity index (χ1v) is 9.27. The van der Waals surface area contributed by atoms with Gasteiger partial charge in [-0.15, -0.1) is 0 Å². The van der Waals surface area contributed by atoms with Crippen molar-refractivity contribution in [1.82, 2.24) is 20.4 Å². The number of hydrogen-bond donors (Lipinski definition) is 1. The predicted molar refractivity (Wildman–Crippen MR) is 101 cm³/mol. The number of carbonyl (C=O) groups is 1. The molecule has 1 fully saturated rings. The topological polar surface area (TPSA) is 84.2 Å². The summed E-state index contributed by atoms with van der Waals surface area (Å²) in [7, 11) is 0. The molecule has 0 bridgehead atoms. The van der Waals surface area contributed by atoms with Gasteiger partial charge in [0.05, 0.1) is 0 Å². The third-order valence-electron chi connectivity index (χ3n) is 4.65. The van der Waals surface area contributed by atoms with Crippen LogP contribution in [0.25, 0.3) is 11.4 Å². The normalized spacial score (nSPS) is 14.1. The second kappa shape index (κ2) is 8.16. The van der Waals surface area contributed by atoms with Crippen LogP contribution in [0.5, 0.6) is 0 Å². The van der Waals surface area contributed by atoms with Gasteiger partial charge in [0.15, 0.2) is 0 Å². The van der Waals surface area contributed by atoms with Crippen molar-refractivity contribution in [2.45, 2.75) is 25.8 Å². The maximum atomic E-state index is 13.2. The second-order valence-corrected chi connectivity index (χ2v) is 6.69. The second-order valence-electron chi connectivity index (χ2n) is 6.69. The number of nitrogens with zero attached hydrogens (tertiary/aromatic N) is 4. The van der Waals surface area contributed by atoms with Gasteiger partial charge in [-0.3, -0.25) is 4.79 Å². The third-order valence-corrected chi connectivity index (χ3v) is 4.65. The van der Waals surface area contributed by atoms with Crippen molar-refractivity contribution < 1.29 is 13.7 Å². The molecule has 28 heavy (non-hydrogen) atoms. The number of nitrogens with one attached hydrogen (secondary N) is 1. The van der Waals surface area contributed by atoms with Crippen LogP contribution >= 0.6 is 0 Å². The van der Waals surface area contributed by atoms with E-state index in [4.69, 9.17) is 4.52 Å². The number of benzene rings is 1. The third kappa shape index (κ3) is 4.16. The molecule has 1 aromatic carbocycles. The van der Waals surface area contributed by atoms with Crippen molar-refractivity contribution in [2.24, 2.45) is 0 Å². The molecule has 0 saturated carbocycles. The summed E-state index contributed by atoms with van der Waals surface area (Å²) in [6.45, 7) is 2.13. The summed E-state index contributed by atoms with van der Waals surface area (Å²) in [5.41, 5.74) is 1.39. The Kier molecular flexibility index (Phi) is 5.27. The van der Waals surface area contributed by atoms with Gasteiger partial charge in [-0.2, -0.15) is 4.98 Å². The molecule has 4 rings (SSSR count). The maximum Gasteiger partial charge on any atom is 0.316 e. The molecule has 8 heteroatoms. The van der Waals surface area contributed by atoms with Crippen LogP contribution in [0.3, 0.4) is 0 Å². The van der Waals surface area contributed by atoms with Crippen LogP contribution in [0.2, 0.25) is 0 Å². The van der Waals surface area contributed by atoms with Crippen LogP contribution < -0.4 is 10.2 Å². The molecule has 1 N–H and O–H groups in total. The Hall–Kier alpha value is -3.29. The number of piperidine rings is 1. The first-order valence-electron chi connectivity index (χ1n) is 9.27. The highest BCUT2D eigenvalue weighted by Crippen LogP contribution is 2.23. The molecule has 2 aromatic heterocycles. The highest BCUT2D eigenvalue weighted by atomic mass is 19.1. The minimum atomic E-state index is -0.506. The predicted octanol–water partition coefficient (Wildman–Crippen LogP) is 3.19. The van der Waals surface area contributed by atoms with E-state index in [1.165, 1.54) is 18.6 Å². The molecule has 144 valence electrons. The van der Waals surface area contributed by atoms with Gasteiger partial charge in [-0.05, 0) is 49.1 Å². The van der Waals surface area contributed by atoms with Gasteiger partial charge in [0.2, 0.25) is 5.82 Å². The average molecular weight is 381 g/mol. The summed E-state index contributed by atoms with van der Waals surface area (Å²) in [6.07, 6.45) is 5.27. The number of rotatable bonds is 5.